The van der Waals surface area contributed by atoms with Crippen LogP contribution < -0.4 is 5.32 Å². The molecule has 1 unspecified atom stereocenters. The van der Waals surface area contributed by atoms with Crippen molar-refractivity contribution in [3.05, 3.63) is 34.1 Å². The van der Waals surface area contributed by atoms with Gasteiger partial charge >= 0.3 is 0 Å². The molecule has 0 bridgehead atoms. The van der Waals surface area contributed by atoms with Crippen molar-refractivity contribution < 1.29 is 4.39 Å². The van der Waals surface area contributed by atoms with Crippen molar-refractivity contribution in [2.75, 3.05) is 6.54 Å². The zero-order chi connectivity index (χ0) is 11.1. The van der Waals surface area contributed by atoms with E-state index in [-0.39, 0.29) is 11.4 Å². The summed E-state index contributed by atoms with van der Waals surface area (Å²) in [6.45, 7) is 4.85. The number of nitrogens with one attached hydrogen (secondary N) is 1. The minimum atomic E-state index is -0.298. The first-order valence-corrected chi connectivity index (χ1v) is 5.62. The van der Waals surface area contributed by atoms with Gasteiger partial charge in [-0.2, -0.15) is 0 Å². The predicted molar refractivity (Wildman–Crippen MR) is 60.7 cm³/mol. The highest BCUT2D eigenvalue weighted by atomic mass is 35.5. The van der Waals surface area contributed by atoms with Crippen LogP contribution in [0.25, 0.3) is 0 Å². The topological polar surface area (TPSA) is 12.0 Å². The summed E-state index contributed by atoms with van der Waals surface area (Å²) in [6.07, 6.45) is 2.01. The molecule has 0 amide bonds. The minimum absolute atomic E-state index is 0.206. The SMILES string of the molecule is Cc1ccc(F)c(C2(C)CCCN2)c1Cl. The van der Waals surface area contributed by atoms with Crippen molar-refractivity contribution in [1.82, 2.24) is 5.32 Å². The Labute approximate surface area is 94.6 Å². The van der Waals surface area contributed by atoms with Gasteiger partial charge in [-0.05, 0) is 44.9 Å². The third-order valence-corrected chi connectivity index (χ3v) is 3.69. The monoisotopic (exact) mass is 227 g/mol. The second-order valence-corrected chi connectivity index (χ2v) is 4.79. The summed E-state index contributed by atoms with van der Waals surface area (Å²) in [4.78, 5) is 0. The molecule has 1 atom stereocenters. The highest BCUT2D eigenvalue weighted by Crippen LogP contribution is 2.37. The lowest BCUT2D eigenvalue weighted by Crippen LogP contribution is -2.34. The molecule has 15 heavy (non-hydrogen) atoms. The van der Waals surface area contributed by atoms with E-state index in [2.05, 4.69) is 5.32 Å². The van der Waals surface area contributed by atoms with Gasteiger partial charge in [0.25, 0.3) is 0 Å². The molecule has 1 aliphatic heterocycles. The second-order valence-electron chi connectivity index (χ2n) is 4.42. The number of rotatable bonds is 1. The van der Waals surface area contributed by atoms with E-state index < -0.39 is 0 Å². The molecule has 1 heterocycles. The summed E-state index contributed by atoms with van der Waals surface area (Å²) in [6, 6.07) is 3.22. The maximum absolute atomic E-state index is 13.8. The van der Waals surface area contributed by atoms with Gasteiger partial charge in [-0.15, -0.1) is 0 Å². The number of aryl methyl sites for hydroxylation is 1. The lowest BCUT2D eigenvalue weighted by Gasteiger charge is -2.27. The molecule has 1 nitrogen and oxygen atoms in total. The maximum Gasteiger partial charge on any atom is 0.129 e. The van der Waals surface area contributed by atoms with Gasteiger partial charge in [0, 0.05) is 11.1 Å². The predicted octanol–water partition coefficient (Wildman–Crippen LogP) is 3.39. The Balaban J connectivity index is 2.55. The van der Waals surface area contributed by atoms with Gasteiger partial charge in [-0.3, -0.25) is 0 Å². The van der Waals surface area contributed by atoms with E-state index in [1.807, 2.05) is 13.8 Å². The molecule has 1 fully saturated rings. The second kappa shape index (κ2) is 3.76. The van der Waals surface area contributed by atoms with E-state index in [9.17, 15) is 4.39 Å². The molecule has 1 saturated heterocycles. The average Bonchev–Trinajstić information content (AvgIpc) is 2.60. The van der Waals surface area contributed by atoms with Gasteiger partial charge in [-0.1, -0.05) is 17.7 Å². The fourth-order valence-corrected chi connectivity index (χ4v) is 2.63. The number of hydrogen-bond acceptors (Lipinski definition) is 1. The molecule has 0 aromatic heterocycles. The number of hydrogen-bond donors (Lipinski definition) is 1. The van der Waals surface area contributed by atoms with E-state index in [0.29, 0.717) is 10.6 Å². The minimum Gasteiger partial charge on any atom is -0.307 e. The molecule has 3 heteroatoms. The smallest absolute Gasteiger partial charge is 0.129 e. The van der Waals surface area contributed by atoms with Crippen LogP contribution in [0.15, 0.2) is 12.1 Å². The van der Waals surface area contributed by atoms with Crippen LogP contribution in [0.2, 0.25) is 5.02 Å². The van der Waals surface area contributed by atoms with Gasteiger partial charge in [0.1, 0.15) is 5.82 Å². The van der Waals surface area contributed by atoms with Gasteiger partial charge in [0.2, 0.25) is 0 Å². The van der Waals surface area contributed by atoms with Crippen LogP contribution >= 0.6 is 11.6 Å². The summed E-state index contributed by atoms with van der Waals surface area (Å²) in [5.41, 5.74) is 1.26. The maximum atomic E-state index is 13.8. The molecule has 1 aliphatic rings. The first-order chi connectivity index (χ1) is 7.04. The molecule has 82 valence electrons. The van der Waals surface area contributed by atoms with Crippen molar-refractivity contribution in [1.29, 1.82) is 0 Å². The Morgan fingerprint density at radius 3 is 2.80 bits per heavy atom. The van der Waals surface area contributed by atoms with Crippen LogP contribution in [0.1, 0.15) is 30.9 Å². The molecule has 0 saturated carbocycles. The lowest BCUT2D eigenvalue weighted by atomic mass is 9.89. The molecule has 0 spiro atoms. The first kappa shape index (κ1) is 10.9. The summed E-state index contributed by atoms with van der Waals surface area (Å²) in [5, 5.41) is 3.90. The van der Waals surface area contributed by atoms with Crippen molar-refractivity contribution in [3.63, 3.8) is 0 Å². The first-order valence-electron chi connectivity index (χ1n) is 5.25. The third kappa shape index (κ3) is 1.77. The Kier molecular flexibility index (Phi) is 2.73. The van der Waals surface area contributed by atoms with Gasteiger partial charge < -0.3 is 5.32 Å². The Morgan fingerprint density at radius 1 is 1.47 bits per heavy atom. The molecule has 1 aromatic rings. The Bertz CT molecular complexity index is 383. The standard InChI is InChI=1S/C12H15ClFN/c1-8-4-5-9(14)10(11(8)13)12(2)6-3-7-15-12/h4-5,15H,3,6-7H2,1-2H3. The lowest BCUT2D eigenvalue weighted by molar-refractivity contribution is 0.410. The van der Waals surface area contributed by atoms with Crippen LogP contribution in [-0.4, -0.2) is 6.54 Å². The van der Waals surface area contributed by atoms with Crippen molar-refractivity contribution in [2.45, 2.75) is 32.2 Å². The largest absolute Gasteiger partial charge is 0.307 e. The normalized spacial score (nSPS) is 25.9. The fourth-order valence-electron chi connectivity index (χ4n) is 2.27. The zero-order valence-corrected chi connectivity index (χ0v) is 9.79. The van der Waals surface area contributed by atoms with E-state index in [1.54, 1.807) is 6.07 Å². The quantitative estimate of drug-likeness (QED) is 0.776. The summed E-state index contributed by atoms with van der Waals surface area (Å²) in [7, 11) is 0. The summed E-state index contributed by atoms with van der Waals surface area (Å²) in [5.74, 6) is -0.206. The highest BCUT2D eigenvalue weighted by molar-refractivity contribution is 6.32. The molecule has 1 N–H and O–H groups in total. The summed E-state index contributed by atoms with van der Waals surface area (Å²) >= 11 is 6.19. The molecular formula is C12H15ClFN. The van der Waals surface area contributed by atoms with Gasteiger partial charge in [0.15, 0.2) is 0 Å². The Morgan fingerprint density at radius 2 is 2.20 bits per heavy atom. The van der Waals surface area contributed by atoms with E-state index >= 15 is 0 Å². The van der Waals surface area contributed by atoms with Gasteiger partial charge in [0.05, 0.1) is 5.02 Å². The van der Waals surface area contributed by atoms with Crippen LogP contribution in [0.4, 0.5) is 4.39 Å². The van der Waals surface area contributed by atoms with Crippen LogP contribution in [-0.2, 0) is 5.54 Å². The molecular weight excluding hydrogens is 213 g/mol. The zero-order valence-electron chi connectivity index (χ0n) is 9.03. The molecule has 0 aliphatic carbocycles. The van der Waals surface area contributed by atoms with E-state index in [4.69, 9.17) is 11.6 Å². The van der Waals surface area contributed by atoms with E-state index in [0.717, 1.165) is 24.9 Å². The van der Waals surface area contributed by atoms with Crippen LogP contribution in [0.5, 0.6) is 0 Å². The fraction of sp³-hybridized carbons (Fsp3) is 0.500. The molecule has 0 radical (unpaired) electrons. The van der Waals surface area contributed by atoms with E-state index in [1.165, 1.54) is 6.07 Å². The average molecular weight is 228 g/mol. The van der Waals surface area contributed by atoms with Crippen molar-refractivity contribution in [2.24, 2.45) is 0 Å². The molecule has 1 aromatic carbocycles. The number of benzene rings is 1. The van der Waals surface area contributed by atoms with Gasteiger partial charge in [-0.25, -0.2) is 4.39 Å². The molecule has 2 rings (SSSR count). The van der Waals surface area contributed by atoms with Crippen molar-refractivity contribution >= 4 is 11.6 Å². The van der Waals surface area contributed by atoms with Crippen LogP contribution in [0, 0.1) is 12.7 Å². The summed E-state index contributed by atoms with van der Waals surface area (Å²) < 4.78 is 13.8. The third-order valence-electron chi connectivity index (χ3n) is 3.20. The number of halogens is 2. The highest BCUT2D eigenvalue weighted by Gasteiger charge is 2.34. The van der Waals surface area contributed by atoms with Crippen LogP contribution in [0.3, 0.4) is 0 Å². The van der Waals surface area contributed by atoms with Crippen molar-refractivity contribution in [3.8, 4) is 0 Å². The Hall–Kier alpha value is -0.600.